The van der Waals surface area contributed by atoms with Crippen molar-refractivity contribution in [3.63, 3.8) is 0 Å². The Morgan fingerprint density at radius 3 is 2.73 bits per heavy atom. The monoisotopic (exact) mass is 348 g/mol. The first-order chi connectivity index (χ1) is 12.6. The summed E-state index contributed by atoms with van der Waals surface area (Å²) >= 11 is 0. The van der Waals surface area contributed by atoms with Gasteiger partial charge in [0.25, 0.3) is 5.91 Å². The number of Topliss-reactive ketones (excluding diaryl/α,β-unsaturated/α-hetero) is 1. The van der Waals surface area contributed by atoms with Crippen LogP contribution >= 0.6 is 0 Å². The van der Waals surface area contributed by atoms with Crippen molar-refractivity contribution in [3.05, 3.63) is 71.3 Å². The van der Waals surface area contributed by atoms with Gasteiger partial charge >= 0.3 is 0 Å². The number of fused-ring (bicyclic) bond motifs is 2. The van der Waals surface area contributed by atoms with Gasteiger partial charge in [-0.2, -0.15) is 0 Å². The van der Waals surface area contributed by atoms with Gasteiger partial charge in [0.05, 0.1) is 0 Å². The van der Waals surface area contributed by atoms with Crippen molar-refractivity contribution < 1.29 is 14.0 Å². The molecule has 1 N–H and O–H groups in total. The van der Waals surface area contributed by atoms with Crippen molar-refractivity contribution in [1.29, 1.82) is 0 Å². The minimum absolute atomic E-state index is 0.118. The van der Waals surface area contributed by atoms with E-state index in [0.29, 0.717) is 23.1 Å². The molecule has 0 aliphatic heterocycles. The number of carbonyl (C=O) groups excluding carboxylic acids is 2. The fourth-order valence-corrected chi connectivity index (χ4v) is 3.30. The van der Waals surface area contributed by atoms with Gasteiger partial charge in [-0.15, -0.1) is 0 Å². The van der Waals surface area contributed by atoms with Crippen LogP contribution in [0.4, 0.5) is 10.1 Å². The Morgan fingerprint density at radius 2 is 1.85 bits per heavy atom. The zero-order valence-corrected chi connectivity index (χ0v) is 14.1. The van der Waals surface area contributed by atoms with Crippen molar-refractivity contribution in [2.45, 2.75) is 25.7 Å². The first-order valence-corrected chi connectivity index (χ1v) is 8.63. The van der Waals surface area contributed by atoms with Crippen LogP contribution in [0.3, 0.4) is 0 Å². The minimum Gasteiger partial charge on any atom is -0.321 e. The lowest BCUT2D eigenvalue weighted by molar-refractivity contribution is 0.0979. The van der Waals surface area contributed by atoms with Gasteiger partial charge in [0.15, 0.2) is 5.78 Å². The molecule has 1 aliphatic rings. The van der Waals surface area contributed by atoms with E-state index < -0.39 is 5.91 Å². The molecule has 0 saturated heterocycles. The fourth-order valence-electron chi connectivity index (χ4n) is 3.30. The summed E-state index contributed by atoms with van der Waals surface area (Å²) in [5, 5.41) is 4.16. The van der Waals surface area contributed by atoms with Gasteiger partial charge in [0.1, 0.15) is 11.5 Å². The van der Waals surface area contributed by atoms with Crippen LogP contribution in [0.2, 0.25) is 0 Å². The molecule has 26 heavy (non-hydrogen) atoms. The molecule has 130 valence electrons. The van der Waals surface area contributed by atoms with Gasteiger partial charge < -0.3 is 5.32 Å². The quantitative estimate of drug-likeness (QED) is 0.692. The summed E-state index contributed by atoms with van der Waals surface area (Å²) in [6.07, 6.45) is 4.87. The molecule has 0 radical (unpaired) electrons. The molecule has 1 heterocycles. The third kappa shape index (κ3) is 3.20. The molecule has 0 bridgehead atoms. The number of hydrogen-bond acceptors (Lipinski definition) is 3. The highest BCUT2D eigenvalue weighted by atomic mass is 19.1. The van der Waals surface area contributed by atoms with Crippen molar-refractivity contribution in [2.75, 3.05) is 5.32 Å². The molecule has 1 amide bonds. The Morgan fingerprint density at radius 1 is 1.00 bits per heavy atom. The van der Waals surface area contributed by atoms with Gasteiger partial charge in [-0.1, -0.05) is 6.07 Å². The number of nitrogens with one attached hydrogen (secondary N) is 1. The number of ketones is 1. The summed E-state index contributed by atoms with van der Waals surface area (Å²) in [5.41, 5.74) is 2.48. The van der Waals surface area contributed by atoms with Crippen molar-refractivity contribution in [3.8, 4) is 0 Å². The predicted molar refractivity (Wildman–Crippen MR) is 98.0 cm³/mol. The lowest BCUT2D eigenvalue weighted by atomic mass is 10.0. The smallest absolute Gasteiger partial charge is 0.274 e. The highest BCUT2D eigenvalue weighted by Gasteiger charge is 2.17. The minimum atomic E-state index is -0.391. The van der Waals surface area contributed by atoms with E-state index in [2.05, 4.69) is 10.3 Å². The predicted octanol–water partition coefficient (Wildman–Crippen LogP) is 4.54. The maximum atomic E-state index is 13.4. The Hall–Kier alpha value is -3.08. The standard InChI is InChI=1S/C21H17FN2O2/c22-16-7-5-14-12-23-19(10-15(14)9-16)21(26)24-17-8-6-13-3-1-2-4-20(25)18(13)11-17/h5-12H,1-4H2,(H,24,26). The zero-order chi connectivity index (χ0) is 18.1. The van der Waals surface area contributed by atoms with E-state index >= 15 is 0 Å². The Kier molecular flexibility index (Phi) is 4.21. The van der Waals surface area contributed by atoms with Crippen LogP contribution < -0.4 is 5.32 Å². The van der Waals surface area contributed by atoms with E-state index in [1.165, 1.54) is 12.1 Å². The Bertz CT molecular complexity index is 1030. The number of aryl methyl sites for hydroxylation is 1. The lowest BCUT2D eigenvalue weighted by Gasteiger charge is -2.10. The molecule has 1 aromatic heterocycles. The summed E-state index contributed by atoms with van der Waals surface area (Å²) in [6.45, 7) is 0. The molecule has 0 saturated carbocycles. The van der Waals surface area contributed by atoms with Crippen molar-refractivity contribution in [1.82, 2.24) is 4.98 Å². The number of halogens is 1. The first kappa shape index (κ1) is 16.4. The van der Waals surface area contributed by atoms with Crippen LogP contribution in [-0.2, 0) is 6.42 Å². The van der Waals surface area contributed by atoms with Gasteiger partial charge in [-0.25, -0.2) is 4.39 Å². The molecule has 4 rings (SSSR count). The largest absolute Gasteiger partial charge is 0.321 e. The highest BCUT2D eigenvalue weighted by Crippen LogP contribution is 2.24. The van der Waals surface area contributed by atoms with Gasteiger partial charge in [-0.05, 0) is 66.6 Å². The summed E-state index contributed by atoms with van der Waals surface area (Å²) in [5.74, 6) is -0.635. The number of nitrogens with zero attached hydrogens (tertiary/aromatic N) is 1. The first-order valence-electron chi connectivity index (χ1n) is 8.63. The summed E-state index contributed by atoms with van der Waals surface area (Å²) in [4.78, 5) is 28.9. The van der Waals surface area contributed by atoms with E-state index in [1.54, 1.807) is 30.5 Å². The highest BCUT2D eigenvalue weighted by molar-refractivity contribution is 6.06. The summed E-state index contributed by atoms with van der Waals surface area (Å²) in [6, 6.07) is 11.3. The number of pyridine rings is 1. The van der Waals surface area contributed by atoms with Gasteiger partial charge in [-0.3, -0.25) is 14.6 Å². The number of benzene rings is 2. The molecule has 4 nitrogen and oxygen atoms in total. The molecular formula is C21H17FN2O2. The second-order valence-electron chi connectivity index (χ2n) is 6.52. The fraction of sp³-hybridized carbons (Fsp3) is 0.190. The molecule has 1 aliphatic carbocycles. The van der Waals surface area contributed by atoms with Gasteiger partial charge in [0, 0.05) is 29.3 Å². The molecule has 3 aromatic rings. The zero-order valence-electron chi connectivity index (χ0n) is 14.1. The number of hydrogen-bond donors (Lipinski definition) is 1. The number of amides is 1. The van der Waals surface area contributed by atoms with E-state index in [9.17, 15) is 14.0 Å². The van der Waals surface area contributed by atoms with Gasteiger partial charge in [0.2, 0.25) is 0 Å². The van der Waals surface area contributed by atoms with Crippen LogP contribution in [0.5, 0.6) is 0 Å². The molecule has 2 aromatic carbocycles. The molecule has 0 atom stereocenters. The second-order valence-corrected chi connectivity index (χ2v) is 6.52. The molecular weight excluding hydrogens is 331 g/mol. The Labute approximate surface area is 150 Å². The molecule has 0 fully saturated rings. The van der Waals surface area contributed by atoms with Crippen LogP contribution in [0, 0.1) is 5.82 Å². The van der Waals surface area contributed by atoms with Crippen molar-refractivity contribution >= 4 is 28.2 Å². The van der Waals surface area contributed by atoms with Crippen LogP contribution in [0.15, 0.2) is 48.7 Å². The average molecular weight is 348 g/mol. The number of carbonyl (C=O) groups is 2. The maximum Gasteiger partial charge on any atom is 0.274 e. The second kappa shape index (κ2) is 6.67. The Balaban J connectivity index is 1.61. The number of anilines is 1. The van der Waals surface area contributed by atoms with Crippen LogP contribution in [0.25, 0.3) is 10.8 Å². The lowest BCUT2D eigenvalue weighted by Crippen LogP contribution is -2.14. The van der Waals surface area contributed by atoms with E-state index in [0.717, 1.165) is 30.2 Å². The molecule has 5 heteroatoms. The summed E-state index contributed by atoms with van der Waals surface area (Å²) in [7, 11) is 0. The van der Waals surface area contributed by atoms with Crippen LogP contribution in [0.1, 0.15) is 45.7 Å². The third-order valence-electron chi connectivity index (χ3n) is 4.68. The molecule has 0 unspecified atom stereocenters. The van der Waals surface area contributed by atoms with E-state index in [1.807, 2.05) is 6.07 Å². The number of aromatic nitrogens is 1. The third-order valence-corrected chi connectivity index (χ3v) is 4.68. The topological polar surface area (TPSA) is 59.1 Å². The summed E-state index contributed by atoms with van der Waals surface area (Å²) < 4.78 is 13.4. The maximum absolute atomic E-state index is 13.4. The van der Waals surface area contributed by atoms with Crippen molar-refractivity contribution in [2.24, 2.45) is 0 Å². The van der Waals surface area contributed by atoms with E-state index in [-0.39, 0.29) is 17.3 Å². The van der Waals surface area contributed by atoms with E-state index in [4.69, 9.17) is 0 Å². The number of rotatable bonds is 2. The van der Waals surface area contributed by atoms with Crippen LogP contribution in [-0.4, -0.2) is 16.7 Å². The molecule has 0 spiro atoms. The SMILES string of the molecule is O=C(Nc1ccc2c(c1)C(=O)CCCC2)c1cc2cc(F)ccc2cn1. The average Bonchev–Trinajstić information content (AvgIpc) is 2.82. The normalized spacial score (nSPS) is 14.0.